The maximum atomic E-state index is 11.8. The van der Waals surface area contributed by atoms with Crippen LogP contribution >= 0.6 is 0 Å². The van der Waals surface area contributed by atoms with Gasteiger partial charge in [0.15, 0.2) is 5.82 Å². The number of imidazole rings is 1. The van der Waals surface area contributed by atoms with E-state index in [0.717, 1.165) is 16.5 Å². The molecule has 0 fully saturated rings. The molecule has 0 aliphatic rings. The number of nitrogens with zero attached hydrogens (tertiary/aromatic N) is 3. The van der Waals surface area contributed by atoms with Crippen LogP contribution in [0.1, 0.15) is 38.6 Å². The largest absolute Gasteiger partial charge is 0.481 e. The molecule has 10 heteroatoms. The van der Waals surface area contributed by atoms with Crippen LogP contribution in [0.4, 0.5) is 5.82 Å². The number of pyridine rings is 1. The van der Waals surface area contributed by atoms with Crippen molar-refractivity contribution in [2.24, 2.45) is 5.73 Å². The molecule has 2 aromatic heterocycles. The number of fused-ring (bicyclic) bond motifs is 3. The molecular weight excluding hydrogens is 414 g/mol. The lowest BCUT2D eigenvalue weighted by molar-refractivity contribution is -0.155. The molecule has 0 saturated heterocycles. The van der Waals surface area contributed by atoms with Gasteiger partial charge in [-0.15, -0.1) is 0 Å². The highest BCUT2D eigenvalue weighted by molar-refractivity contribution is 6.06. The SMILES string of the molecule is CCOCc1nc2c(N)nc3cc(CCC(=O)O)ccc3c2n1CC(C)(C)OC(=O)CN. The molecule has 3 rings (SSSR count). The Balaban J connectivity index is 2.16. The van der Waals surface area contributed by atoms with Crippen LogP contribution < -0.4 is 11.5 Å². The van der Waals surface area contributed by atoms with Crippen molar-refractivity contribution in [2.75, 3.05) is 18.9 Å². The van der Waals surface area contributed by atoms with Crippen molar-refractivity contribution < 1.29 is 24.2 Å². The van der Waals surface area contributed by atoms with Gasteiger partial charge in [-0.3, -0.25) is 9.59 Å². The molecule has 5 N–H and O–H groups in total. The van der Waals surface area contributed by atoms with Crippen LogP contribution in [0.2, 0.25) is 0 Å². The molecule has 0 atom stereocenters. The summed E-state index contributed by atoms with van der Waals surface area (Å²) in [5, 5.41) is 9.78. The number of carbonyl (C=O) groups excluding carboxylic acids is 1. The molecule has 3 aromatic rings. The number of anilines is 1. The third-order valence-corrected chi connectivity index (χ3v) is 5.01. The summed E-state index contributed by atoms with van der Waals surface area (Å²) >= 11 is 0. The van der Waals surface area contributed by atoms with E-state index in [1.54, 1.807) is 13.8 Å². The van der Waals surface area contributed by atoms with Crippen LogP contribution in [-0.4, -0.2) is 50.3 Å². The monoisotopic (exact) mass is 443 g/mol. The number of rotatable bonds is 10. The first-order valence-electron chi connectivity index (χ1n) is 10.4. The van der Waals surface area contributed by atoms with E-state index in [9.17, 15) is 9.59 Å². The van der Waals surface area contributed by atoms with Crippen LogP contribution in [0.3, 0.4) is 0 Å². The van der Waals surface area contributed by atoms with Crippen LogP contribution in [0, 0.1) is 0 Å². The molecule has 0 unspecified atom stereocenters. The number of hydrogen-bond donors (Lipinski definition) is 3. The minimum absolute atomic E-state index is 0.0281. The van der Waals surface area contributed by atoms with Crippen molar-refractivity contribution in [1.82, 2.24) is 14.5 Å². The highest BCUT2D eigenvalue weighted by Crippen LogP contribution is 2.31. The van der Waals surface area contributed by atoms with E-state index in [2.05, 4.69) is 9.97 Å². The summed E-state index contributed by atoms with van der Waals surface area (Å²) in [5.74, 6) is -0.466. The van der Waals surface area contributed by atoms with E-state index in [0.29, 0.717) is 36.4 Å². The average molecular weight is 444 g/mol. The fourth-order valence-electron chi connectivity index (χ4n) is 3.65. The number of nitrogens with two attached hydrogens (primary N) is 2. The van der Waals surface area contributed by atoms with Crippen molar-refractivity contribution in [3.8, 4) is 0 Å². The second kappa shape index (κ2) is 9.49. The number of ether oxygens (including phenoxy) is 2. The minimum atomic E-state index is -0.864. The van der Waals surface area contributed by atoms with Crippen LogP contribution in [0.25, 0.3) is 21.9 Å². The summed E-state index contributed by atoms with van der Waals surface area (Å²) in [7, 11) is 0. The van der Waals surface area contributed by atoms with Gasteiger partial charge < -0.3 is 30.6 Å². The maximum Gasteiger partial charge on any atom is 0.320 e. The van der Waals surface area contributed by atoms with Crippen molar-refractivity contribution in [2.45, 2.75) is 52.4 Å². The number of carbonyl (C=O) groups is 2. The molecule has 2 heterocycles. The molecular formula is C22H29N5O5. The molecule has 0 amide bonds. The molecule has 0 aliphatic heterocycles. The molecule has 10 nitrogen and oxygen atoms in total. The number of carboxylic acids is 1. The van der Waals surface area contributed by atoms with Crippen LogP contribution in [-0.2, 0) is 38.6 Å². The summed E-state index contributed by atoms with van der Waals surface area (Å²) in [6, 6.07) is 5.61. The fourth-order valence-corrected chi connectivity index (χ4v) is 3.65. The quantitative estimate of drug-likeness (QED) is 0.399. The Bertz CT molecular complexity index is 1150. The van der Waals surface area contributed by atoms with Crippen LogP contribution in [0.5, 0.6) is 0 Å². The molecule has 0 aliphatic carbocycles. The Labute approximate surface area is 185 Å². The van der Waals surface area contributed by atoms with Crippen LogP contribution in [0.15, 0.2) is 18.2 Å². The number of benzene rings is 1. The molecule has 32 heavy (non-hydrogen) atoms. The van der Waals surface area contributed by atoms with Gasteiger partial charge in [-0.05, 0) is 38.8 Å². The predicted octanol–water partition coefficient (Wildman–Crippen LogP) is 2.00. The zero-order valence-electron chi connectivity index (χ0n) is 18.6. The first-order chi connectivity index (χ1) is 15.1. The molecule has 0 bridgehead atoms. The third-order valence-electron chi connectivity index (χ3n) is 5.01. The van der Waals surface area contributed by atoms with Gasteiger partial charge >= 0.3 is 11.9 Å². The Kier molecular flexibility index (Phi) is 6.95. The Hall–Kier alpha value is -3.24. The molecule has 0 radical (unpaired) electrons. The number of hydrogen-bond acceptors (Lipinski definition) is 8. The second-order valence-corrected chi connectivity index (χ2v) is 8.13. The van der Waals surface area contributed by atoms with E-state index in [1.165, 1.54) is 0 Å². The van der Waals surface area contributed by atoms with Gasteiger partial charge in [-0.2, -0.15) is 0 Å². The van der Waals surface area contributed by atoms with E-state index in [4.69, 9.17) is 26.0 Å². The van der Waals surface area contributed by atoms with Gasteiger partial charge in [-0.1, -0.05) is 12.1 Å². The van der Waals surface area contributed by atoms with Gasteiger partial charge in [0, 0.05) is 18.4 Å². The number of aromatic nitrogens is 3. The van der Waals surface area contributed by atoms with Crippen molar-refractivity contribution in [3.05, 3.63) is 29.6 Å². The zero-order chi connectivity index (χ0) is 23.5. The third kappa shape index (κ3) is 5.14. The minimum Gasteiger partial charge on any atom is -0.481 e. The zero-order valence-corrected chi connectivity index (χ0v) is 18.6. The second-order valence-electron chi connectivity index (χ2n) is 8.13. The predicted molar refractivity (Wildman–Crippen MR) is 120 cm³/mol. The average Bonchev–Trinajstić information content (AvgIpc) is 3.08. The molecule has 0 saturated carbocycles. The standard InChI is InChI=1S/C22H29N5O5/c1-4-31-11-16-26-19-20(27(16)12-22(2,3)32-18(30)10-23)14-7-5-13(6-8-17(28)29)9-15(14)25-21(19)24/h5,7,9H,4,6,8,10-12,23H2,1-3H3,(H2,24,25)(H,28,29). The van der Waals surface area contributed by atoms with Crippen molar-refractivity contribution >= 4 is 39.7 Å². The number of aryl methyl sites for hydroxylation is 1. The number of carboxylic acid groups (broad SMARTS) is 1. The Morgan fingerprint density at radius 1 is 1.25 bits per heavy atom. The summed E-state index contributed by atoms with van der Waals surface area (Å²) in [6.45, 7) is 6.35. The highest BCUT2D eigenvalue weighted by atomic mass is 16.6. The topological polar surface area (TPSA) is 156 Å². The Morgan fingerprint density at radius 3 is 2.66 bits per heavy atom. The van der Waals surface area contributed by atoms with E-state index < -0.39 is 17.5 Å². The van der Waals surface area contributed by atoms with Crippen molar-refractivity contribution in [1.29, 1.82) is 0 Å². The number of nitrogen functional groups attached to an aromatic ring is 1. The number of aliphatic carboxylic acids is 1. The van der Waals surface area contributed by atoms with Gasteiger partial charge in [0.1, 0.15) is 23.5 Å². The van der Waals surface area contributed by atoms with Gasteiger partial charge in [0.2, 0.25) is 0 Å². The normalized spacial score (nSPS) is 11.9. The smallest absolute Gasteiger partial charge is 0.320 e. The van der Waals surface area contributed by atoms with Gasteiger partial charge in [0.25, 0.3) is 0 Å². The van der Waals surface area contributed by atoms with Gasteiger partial charge in [0.05, 0.1) is 24.1 Å². The van der Waals surface area contributed by atoms with E-state index in [1.807, 2.05) is 29.7 Å². The molecule has 1 aromatic carbocycles. The molecule has 0 spiro atoms. The maximum absolute atomic E-state index is 11.8. The van der Waals surface area contributed by atoms with E-state index in [-0.39, 0.29) is 25.4 Å². The van der Waals surface area contributed by atoms with E-state index >= 15 is 0 Å². The first-order valence-corrected chi connectivity index (χ1v) is 10.4. The van der Waals surface area contributed by atoms with Gasteiger partial charge in [-0.25, -0.2) is 9.97 Å². The Morgan fingerprint density at radius 2 is 2.00 bits per heavy atom. The summed E-state index contributed by atoms with van der Waals surface area (Å²) in [4.78, 5) is 31.9. The number of esters is 1. The summed E-state index contributed by atoms with van der Waals surface area (Å²) in [6.07, 6.45) is 0.419. The fraction of sp³-hybridized carbons (Fsp3) is 0.455. The molecule has 172 valence electrons. The summed E-state index contributed by atoms with van der Waals surface area (Å²) in [5.41, 5.74) is 13.6. The lowest BCUT2D eigenvalue weighted by Gasteiger charge is -2.27. The lowest BCUT2D eigenvalue weighted by atomic mass is 10.1. The summed E-state index contributed by atoms with van der Waals surface area (Å²) < 4.78 is 13.1. The first kappa shape index (κ1) is 23.4. The lowest BCUT2D eigenvalue weighted by Crippen LogP contribution is -2.36. The van der Waals surface area contributed by atoms with Crippen molar-refractivity contribution in [3.63, 3.8) is 0 Å². The highest BCUT2D eigenvalue weighted by Gasteiger charge is 2.27.